The van der Waals surface area contributed by atoms with Crippen LogP contribution in [0.4, 0.5) is 0 Å². The van der Waals surface area contributed by atoms with Crippen molar-refractivity contribution in [2.75, 3.05) is 12.0 Å². The lowest BCUT2D eigenvalue weighted by Crippen LogP contribution is -2.16. The molecule has 80 valence electrons. The maximum Gasteiger partial charge on any atom is 0.150 e. The van der Waals surface area contributed by atoms with Gasteiger partial charge in [0.2, 0.25) is 0 Å². The zero-order chi connectivity index (χ0) is 10.9. The zero-order valence-electron chi connectivity index (χ0n) is 7.81. The summed E-state index contributed by atoms with van der Waals surface area (Å²) in [6.45, 7) is 0. The van der Waals surface area contributed by atoms with Gasteiger partial charge < -0.3 is 5.11 Å². The normalized spacial score (nSPS) is 14.3. The topological polar surface area (TPSA) is 72.2 Å². The first-order valence-corrected chi connectivity index (χ1v) is 6.28. The summed E-state index contributed by atoms with van der Waals surface area (Å²) in [4.78, 5) is 0. The molecule has 0 aliphatic rings. The van der Waals surface area contributed by atoms with Gasteiger partial charge in [0, 0.05) is 13.3 Å². The van der Waals surface area contributed by atoms with Gasteiger partial charge in [0.05, 0.1) is 22.7 Å². The zero-order valence-corrected chi connectivity index (χ0v) is 9.38. The lowest BCUT2D eigenvalue weighted by Gasteiger charge is -2.10. The number of rotatable bonds is 3. The maximum atomic E-state index is 10.9. The number of sulfone groups is 1. The molecular weight excluding hydrogens is 228 g/mol. The summed E-state index contributed by atoms with van der Waals surface area (Å²) in [5, 5.41) is 13.6. The van der Waals surface area contributed by atoms with Crippen LogP contribution in [0.15, 0.2) is 6.20 Å². The molecule has 0 radical (unpaired) electrons. The van der Waals surface area contributed by atoms with Gasteiger partial charge in [-0.1, -0.05) is 11.6 Å². The van der Waals surface area contributed by atoms with E-state index in [9.17, 15) is 13.5 Å². The molecule has 1 aromatic rings. The van der Waals surface area contributed by atoms with Gasteiger partial charge >= 0.3 is 0 Å². The van der Waals surface area contributed by atoms with E-state index in [-0.39, 0.29) is 10.8 Å². The van der Waals surface area contributed by atoms with Crippen molar-refractivity contribution in [3.8, 4) is 0 Å². The van der Waals surface area contributed by atoms with Crippen LogP contribution in [0, 0.1) is 0 Å². The van der Waals surface area contributed by atoms with E-state index in [0.29, 0.717) is 5.69 Å². The quantitative estimate of drug-likeness (QED) is 0.814. The first kappa shape index (κ1) is 11.5. The van der Waals surface area contributed by atoms with Gasteiger partial charge in [0.25, 0.3) is 0 Å². The number of aryl methyl sites for hydroxylation is 1. The summed E-state index contributed by atoms with van der Waals surface area (Å²) < 4.78 is 23.2. The van der Waals surface area contributed by atoms with E-state index < -0.39 is 15.9 Å². The number of hydrogen-bond acceptors (Lipinski definition) is 4. The Bertz CT molecular complexity index is 407. The molecule has 1 unspecified atom stereocenters. The summed E-state index contributed by atoms with van der Waals surface area (Å²) in [6, 6.07) is 0. The van der Waals surface area contributed by atoms with Crippen LogP contribution in [-0.4, -0.2) is 35.3 Å². The molecule has 1 heterocycles. The Hall–Kier alpha value is -0.590. The SMILES string of the molecule is Cn1ncc(Cl)c1C(O)CS(C)(=O)=O. The van der Waals surface area contributed by atoms with Gasteiger partial charge in [0.15, 0.2) is 0 Å². The van der Waals surface area contributed by atoms with E-state index in [1.807, 2.05) is 0 Å². The van der Waals surface area contributed by atoms with Crippen LogP contribution in [0.5, 0.6) is 0 Å². The first-order valence-electron chi connectivity index (χ1n) is 3.84. The number of halogens is 1. The van der Waals surface area contributed by atoms with Gasteiger partial charge in [-0.2, -0.15) is 5.10 Å². The maximum absolute atomic E-state index is 10.9. The molecular formula is C7H11ClN2O3S. The minimum absolute atomic E-state index is 0.267. The molecule has 0 saturated carbocycles. The summed E-state index contributed by atoms with van der Waals surface area (Å²) in [6.07, 6.45) is 1.29. The number of hydrogen-bond donors (Lipinski definition) is 1. The Labute approximate surface area is 87.2 Å². The van der Waals surface area contributed by atoms with Gasteiger partial charge in [-0.3, -0.25) is 4.68 Å². The third kappa shape index (κ3) is 2.70. The average molecular weight is 239 g/mol. The standard InChI is InChI=1S/C7H11ClN2O3S/c1-10-7(5(8)3-9-10)6(11)4-14(2,12)13/h3,6,11H,4H2,1-2H3. The van der Waals surface area contributed by atoms with Crippen molar-refractivity contribution < 1.29 is 13.5 Å². The molecule has 0 saturated heterocycles. The van der Waals surface area contributed by atoms with Crippen LogP contribution >= 0.6 is 11.6 Å². The highest BCUT2D eigenvalue weighted by Crippen LogP contribution is 2.22. The monoisotopic (exact) mass is 238 g/mol. The third-order valence-corrected chi connectivity index (χ3v) is 2.93. The van der Waals surface area contributed by atoms with E-state index in [1.54, 1.807) is 7.05 Å². The number of aliphatic hydroxyl groups is 1. The summed E-state index contributed by atoms with van der Waals surface area (Å²) in [7, 11) is -1.64. The molecule has 5 nitrogen and oxygen atoms in total. The molecule has 1 atom stereocenters. The van der Waals surface area contributed by atoms with Crippen LogP contribution < -0.4 is 0 Å². The lowest BCUT2D eigenvalue weighted by atomic mass is 10.3. The van der Waals surface area contributed by atoms with E-state index >= 15 is 0 Å². The fourth-order valence-corrected chi connectivity index (χ4v) is 2.18. The molecule has 14 heavy (non-hydrogen) atoms. The van der Waals surface area contributed by atoms with Crippen molar-refractivity contribution in [3.05, 3.63) is 16.9 Å². The minimum atomic E-state index is -3.23. The summed E-state index contributed by atoms with van der Waals surface area (Å²) in [5.74, 6) is -0.355. The summed E-state index contributed by atoms with van der Waals surface area (Å²) >= 11 is 5.73. The number of aliphatic hydroxyl groups excluding tert-OH is 1. The van der Waals surface area contributed by atoms with Gasteiger partial charge in [-0.05, 0) is 0 Å². The second-order valence-corrected chi connectivity index (χ2v) is 5.70. The van der Waals surface area contributed by atoms with E-state index in [2.05, 4.69) is 5.10 Å². The third-order valence-electron chi connectivity index (χ3n) is 1.71. The molecule has 0 spiro atoms. The molecule has 0 amide bonds. The number of nitrogens with zero attached hydrogens (tertiary/aromatic N) is 2. The van der Waals surface area contributed by atoms with Crippen LogP contribution in [0.1, 0.15) is 11.8 Å². The molecule has 0 aliphatic carbocycles. The number of aromatic nitrogens is 2. The van der Waals surface area contributed by atoms with E-state index in [1.165, 1.54) is 10.9 Å². The highest BCUT2D eigenvalue weighted by molar-refractivity contribution is 7.90. The van der Waals surface area contributed by atoms with Crippen molar-refractivity contribution in [3.63, 3.8) is 0 Å². The van der Waals surface area contributed by atoms with Crippen LogP contribution in [0.3, 0.4) is 0 Å². The molecule has 0 fully saturated rings. The Morgan fingerprint density at radius 1 is 1.71 bits per heavy atom. The van der Waals surface area contributed by atoms with Gasteiger partial charge in [-0.15, -0.1) is 0 Å². The van der Waals surface area contributed by atoms with E-state index in [0.717, 1.165) is 6.26 Å². The predicted molar refractivity (Wildman–Crippen MR) is 52.9 cm³/mol. The van der Waals surface area contributed by atoms with Gasteiger partial charge in [-0.25, -0.2) is 8.42 Å². The average Bonchev–Trinajstić information content (AvgIpc) is 2.27. The molecule has 0 aliphatic heterocycles. The first-order chi connectivity index (χ1) is 6.31. The molecule has 0 aromatic carbocycles. The highest BCUT2D eigenvalue weighted by atomic mass is 35.5. The van der Waals surface area contributed by atoms with Crippen molar-refractivity contribution in [2.24, 2.45) is 7.05 Å². The minimum Gasteiger partial charge on any atom is -0.386 e. The Morgan fingerprint density at radius 2 is 2.29 bits per heavy atom. The predicted octanol–water partition coefficient (Wildman–Crippen LogP) is 0.152. The van der Waals surface area contributed by atoms with Crippen molar-refractivity contribution in [1.82, 2.24) is 9.78 Å². The lowest BCUT2D eigenvalue weighted by molar-refractivity contribution is 0.191. The van der Waals surface area contributed by atoms with Crippen LogP contribution in [0.2, 0.25) is 5.02 Å². The second kappa shape index (κ2) is 3.88. The Morgan fingerprint density at radius 3 is 2.64 bits per heavy atom. The molecule has 1 aromatic heterocycles. The largest absolute Gasteiger partial charge is 0.386 e. The fourth-order valence-electron chi connectivity index (χ4n) is 1.16. The Balaban J connectivity index is 2.95. The van der Waals surface area contributed by atoms with Crippen molar-refractivity contribution in [1.29, 1.82) is 0 Å². The molecule has 0 bridgehead atoms. The van der Waals surface area contributed by atoms with Crippen molar-refractivity contribution in [2.45, 2.75) is 6.10 Å². The summed E-state index contributed by atoms with van der Waals surface area (Å²) in [5.41, 5.74) is 0.317. The van der Waals surface area contributed by atoms with E-state index in [4.69, 9.17) is 11.6 Å². The van der Waals surface area contributed by atoms with Crippen LogP contribution in [-0.2, 0) is 16.9 Å². The molecule has 1 rings (SSSR count). The fraction of sp³-hybridized carbons (Fsp3) is 0.571. The van der Waals surface area contributed by atoms with Crippen molar-refractivity contribution >= 4 is 21.4 Å². The highest BCUT2D eigenvalue weighted by Gasteiger charge is 2.20. The van der Waals surface area contributed by atoms with Gasteiger partial charge in [0.1, 0.15) is 15.9 Å². The smallest absolute Gasteiger partial charge is 0.150 e. The molecule has 7 heteroatoms. The molecule has 1 N–H and O–H groups in total. The van der Waals surface area contributed by atoms with Crippen LogP contribution in [0.25, 0.3) is 0 Å². The second-order valence-electron chi connectivity index (χ2n) is 3.11. The Kier molecular flexibility index (Phi) is 3.18.